The summed E-state index contributed by atoms with van der Waals surface area (Å²) in [5.41, 5.74) is 1.22. The average molecular weight is 403 g/mol. The zero-order valence-corrected chi connectivity index (χ0v) is 17.0. The molecule has 1 aromatic heterocycles. The maximum Gasteiger partial charge on any atom is 0.233 e. The van der Waals surface area contributed by atoms with Crippen molar-refractivity contribution in [2.24, 2.45) is 7.05 Å². The Bertz CT molecular complexity index is 785. The number of thioether (sulfide) groups is 1. The van der Waals surface area contributed by atoms with E-state index in [2.05, 4.69) is 44.3 Å². The molecule has 1 amide bonds. The highest BCUT2D eigenvalue weighted by molar-refractivity contribution is 7.99. The standard InChI is InChI=1S/C19H26N6O2S/c1-22-18(25-11-13-27-14-12-25)20-21-19(22)28-15-17(26)24-9-7-23(8-10-24)16-5-3-2-4-6-16/h2-6H,7-15H2,1H3. The van der Waals surface area contributed by atoms with Crippen molar-refractivity contribution in [3.05, 3.63) is 30.3 Å². The van der Waals surface area contributed by atoms with Crippen molar-refractivity contribution in [2.75, 3.05) is 68.0 Å². The predicted octanol–water partition coefficient (Wildman–Crippen LogP) is 1.09. The highest BCUT2D eigenvalue weighted by Crippen LogP contribution is 2.22. The van der Waals surface area contributed by atoms with Crippen LogP contribution in [-0.4, -0.2) is 83.8 Å². The number of morpholine rings is 1. The van der Waals surface area contributed by atoms with Gasteiger partial charge in [-0.25, -0.2) is 0 Å². The lowest BCUT2D eigenvalue weighted by atomic mass is 10.2. The van der Waals surface area contributed by atoms with Crippen molar-refractivity contribution in [3.63, 3.8) is 0 Å². The Morgan fingerprint density at radius 3 is 2.43 bits per heavy atom. The van der Waals surface area contributed by atoms with Crippen LogP contribution in [0.4, 0.5) is 11.6 Å². The summed E-state index contributed by atoms with van der Waals surface area (Å²) >= 11 is 1.46. The minimum atomic E-state index is 0.161. The molecule has 0 spiro atoms. The lowest BCUT2D eigenvalue weighted by Gasteiger charge is -2.36. The van der Waals surface area contributed by atoms with E-state index in [4.69, 9.17) is 4.74 Å². The average Bonchev–Trinajstić information content (AvgIpc) is 3.13. The minimum Gasteiger partial charge on any atom is -0.378 e. The van der Waals surface area contributed by atoms with Crippen LogP contribution in [0.2, 0.25) is 0 Å². The number of para-hydroxylation sites is 1. The van der Waals surface area contributed by atoms with Gasteiger partial charge in [0.05, 0.1) is 19.0 Å². The van der Waals surface area contributed by atoms with Gasteiger partial charge in [-0.15, -0.1) is 10.2 Å². The van der Waals surface area contributed by atoms with Gasteiger partial charge < -0.3 is 19.4 Å². The van der Waals surface area contributed by atoms with Crippen LogP contribution in [0, 0.1) is 0 Å². The third-order valence-electron chi connectivity index (χ3n) is 5.18. The molecule has 2 fully saturated rings. The summed E-state index contributed by atoms with van der Waals surface area (Å²) in [6.45, 7) is 6.31. The van der Waals surface area contributed by atoms with Crippen LogP contribution in [0.1, 0.15) is 0 Å². The second kappa shape index (κ2) is 8.83. The van der Waals surface area contributed by atoms with Gasteiger partial charge in [0.1, 0.15) is 0 Å². The second-order valence-electron chi connectivity index (χ2n) is 6.93. The molecule has 0 atom stereocenters. The first-order valence-electron chi connectivity index (χ1n) is 9.65. The zero-order valence-electron chi connectivity index (χ0n) is 16.2. The number of hydrogen-bond acceptors (Lipinski definition) is 7. The van der Waals surface area contributed by atoms with Crippen molar-refractivity contribution < 1.29 is 9.53 Å². The molecule has 3 heterocycles. The Morgan fingerprint density at radius 1 is 1.00 bits per heavy atom. The van der Waals surface area contributed by atoms with Crippen molar-refractivity contribution in [1.29, 1.82) is 0 Å². The third-order valence-corrected chi connectivity index (χ3v) is 6.19. The molecule has 0 unspecified atom stereocenters. The summed E-state index contributed by atoms with van der Waals surface area (Å²) in [5, 5.41) is 9.35. The molecule has 8 nitrogen and oxygen atoms in total. The molecule has 2 aliphatic heterocycles. The van der Waals surface area contributed by atoms with Crippen LogP contribution in [0.15, 0.2) is 35.5 Å². The first-order valence-corrected chi connectivity index (χ1v) is 10.6. The first kappa shape index (κ1) is 19.1. The maximum atomic E-state index is 12.6. The quantitative estimate of drug-likeness (QED) is 0.694. The Hall–Kier alpha value is -2.26. The molecule has 0 N–H and O–H groups in total. The van der Waals surface area contributed by atoms with Crippen molar-refractivity contribution in [2.45, 2.75) is 5.16 Å². The van der Waals surface area contributed by atoms with Gasteiger partial charge in [-0.3, -0.25) is 9.36 Å². The molecule has 150 valence electrons. The Kier molecular flexibility index (Phi) is 6.01. The van der Waals surface area contributed by atoms with Crippen LogP contribution in [-0.2, 0) is 16.6 Å². The fourth-order valence-electron chi connectivity index (χ4n) is 3.54. The normalized spacial score (nSPS) is 17.8. The number of hydrogen-bond donors (Lipinski definition) is 0. The molecule has 0 saturated carbocycles. The Balaban J connectivity index is 1.28. The highest BCUT2D eigenvalue weighted by Gasteiger charge is 2.23. The topological polar surface area (TPSA) is 66.7 Å². The van der Waals surface area contributed by atoms with Gasteiger partial charge in [-0.1, -0.05) is 30.0 Å². The zero-order chi connectivity index (χ0) is 19.3. The fraction of sp³-hybridized carbons (Fsp3) is 0.526. The number of piperazine rings is 1. The summed E-state index contributed by atoms with van der Waals surface area (Å²) in [7, 11) is 1.95. The molecule has 0 radical (unpaired) electrons. The molecule has 2 aliphatic rings. The van der Waals surface area contributed by atoms with Gasteiger partial charge in [-0.2, -0.15) is 0 Å². The Morgan fingerprint density at radius 2 is 1.71 bits per heavy atom. The van der Waals surface area contributed by atoms with Crippen molar-refractivity contribution in [3.8, 4) is 0 Å². The largest absolute Gasteiger partial charge is 0.378 e. The monoisotopic (exact) mass is 402 g/mol. The number of amides is 1. The van der Waals surface area contributed by atoms with Gasteiger partial charge >= 0.3 is 0 Å². The van der Waals surface area contributed by atoms with Crippen LogP contribution in [0.25, 0.3) is 0 Å². The molecule has 9 heteroatoms. The molecule has 1 aromatic carbocycles. The number of anilines is 2. The number of aromatic nitrogens is 3. The predicted molar refractivity (Wildman–Crippen MR) is 110 cm³/mol. The van der Waals surface area contributed by atoms with E-state index in [-0.39, 0.29) is 5.91 Å². The number of carbonyl (C=O) groups excluding carboxylic acids is 1. The summed E-state index contributed by atoms with van der Waals surface area (Å²) in [6, 6.07) is 10.4. The van der Waals surface area contributed by atoms with E-state index in [0.29, 0.717) is 19.0 Å². The van der Waals surface area contributed by atoms with E-state index in [0.717, 1.165) is 50.4 Å². The van der Waals surface area contributed by atoms with Gasteiger partial charge in [0, 0.05) is 52.0 Å². The van der Waals surface area contributed by atoms with Gasteiger partial charge in [-0.05, 0) is 12.1 Å². The molecule has 0 bridgehead atoms. The number of benzene rings is 1. The number of carbonyl (C=O) groups is 1. The SMILES string of the molecule is Cn1c(SCC(=O)N2CCN(c3ccccc3)CC2)nnc1N1CCOCC1. The number of rotatable bonds is 5. The highest BCUT2D eigenvalue weighted by atomic mass is 32.2. The van der Waals surface area contributed by atoms with Gasteiger partial charge in [0.25, 0.3) is 0 Å². The van der Waals surface area contributed by atoms with E-state index in [1.807, 2.05) is 22.6 Å². The molecular weight excluding hydrogens is 376 g/mol. The van der Waals surface area contributed by atoms with E-state index in [9.17, 15) is 4.79 Å². The van der Waals surface area contributed by atoms with Crippen LogP contribution >= 0.6 is 11.8 Å². The maximum absolute atomic E-state index is 12.6. The fourth-order valence-corrected chi connectivity index (χ4v) is 4.35. The van der Waals surface area contributed by atoms with Crippen molar-refractivity contribution >= 4 is 29.3 Å². The first-order chi connectivity index (χ1) is 13.7. The Labute approximate surface area is 169 Å². The summed E-state index contributed by atoms with van der Waals surface area (Å²) in [4.78, 5) is 19.1. The van der Waals surface area contributed by atoms with E-state index >= 15 is 0 Å². The lowest BCUT2D eigenvalue weighted by molar-refractivity contribution is -0.128. The lowest BCUT2D eigenvalue weighted by Crippen LogP contribution is -2.49. The van der Waals surface area contributed by atoms with Crippen LogP contribution in [0.5, 0.6) is 0 Å². The summed E-state index contributed by atoms with van der Waals surface area (Å²) in [5.74, 6) is 1.39. The molecule has 0 aliphatic carbocycles. The minimum absolute atomic E-state index is 0.161. The van der Waals surface area contributed by atoms with Gasteiger partial charge in [0.15, 0.2) is 5.16 Å². The van der Waals surface area contributed by atoms with E-state index in [1.165, 1.54) is 17.4 Å². The van der Waals surface area contributed by atoms with E-state index < -0.39 is 0 Å². The molecule has 28 heavy (non-hydrogen) atoms. The van der Waals surface area contributed by atoms with E-state index in [1.54, 1.807) is 0 Å². The number of ether oxygens (including phenoxy) is 1. The van der Waals surface area contributed by atoms with Gasteiger partial charge in [0.2, 0.25) is 11.9 Å². The molecule has 4 rings (SSSR count). The smallest absolute Gasteiger partial charge is 0.233 e. The third kappa shape index (κ3) is 4.25. The van der Waals surface area contributed by atoms with Crippen molar-refractivity contribution in [1.82, 2.24) is 19.7 Å². The molecule has 2 aromatic rings. The van der Waals surface area contributed by atoms with Crippen LogP contribution in [0.3, 0.4) is 0 Å². The summed E-state index contributed by atoms with van der Waals surface area (Å²) < 4.78 is 7.36. The summed E-state index contributed by atoms with van der Waals surface area (Å²) in [6.07, 6.45) is 0. The molecular formula is C19H26N6O2S. The van der Waals surface area contributed by atoms with Crippen LogP contribution < -0.4 is 9.80 Å². The number of nitrogens with zero attached hydrogens (tertiary/aromatic N) is 6. The molecule has 2 saturated heterocycles. The second-order valence-corrected chi connectivity index (χ2v) is 7.88.